The molecule has 2 N–H and O–H groups in total. The van der Waals surface area contributed by atoms with Crippen LogP contribution in [0.3, 0.4) is 0 Å². The maximum absolute atomic E-state index is 13.4. The minimum Gasteiger partial charge on any atom is -0.493 e. The number of carbonyl (C=O) groups is 2. The van der Waals surface area contributed by atoms with E-state index >= 15 is 0 Å². The molecule has 13 heteroatoms. The van der Waals surface area contributed by atoms with Crippen molar-refractivity contribution in [3.63, 3.8) is 0 Å². The number of nitrogens with two attached hydrogens (primary N) is 1. The van der Waals surface area contributed by atoms with Crippen LogP contribution in [0.1, 0.15) is 37.7 Å². The molecule has 4 rings (SSSR count). The third kappa shape index (κ3) is 4.89. The molecule has 2 aromatic rings. The van der Waals surface area contributed by atoms with E-state index in [9.17, 15) is 14.9 Å². The number of esters is 1. The van der Waals surface area contributed by atoms with Crippen molar-refractivity contribution in [1.82, 2.24) is 10.2 Å². The highest BCUT2D eigenvalue weighted by Crippen LogP contribution is 2.52. The molecular weight excluding hydrogens is 530 g/mol. The Hall–Kier alpha value is -3.76. The molecule has 38 heavy (non-hydrogen) atoms. The summed E-state index contributed by atoms with van der Waals surface area (Å²) < 4.78 is 22.2. The molecule has 0 radical (unpaired) electrons. The number of anilines is 1. The first-order valence-electron chi connectivity index (χ1n) is 11.8. The summed E-state index contributed by atoms with van der Waals surface area (Å²) in [6.45, 7) is 2.04. The van der Waals surface area contributed by atoms with Crippen molar-refractivity contribution in [3.05, 3.63) is 40.4 Å². The lowest BCUT2D eigenvalue weighted by Gasteiger charge is -2.38. The number of allylic oxidation sites excluding steroid dienone is 3. The summed E-state index contributed by atoms with van der Waals surface area (Å²) in [5, 5.41) is 19.1. The predicted octanol–water partition coefficient (Wildman–Crippen LogP) is 3.52. The van der Waals surface area contributed by atoms with Crippen molar-refractivity contribution in [2.45, 2.75) is 36.4 Å². The van der Waals surface area contributed by atoms with Gasteiger partial charge in [0.1, 0.15) is 5.82 Å². The van der Waals surface area contributed by atoms with Gasteiger partial charge < -0.3 is 24.7 Å². The molecule has 1 aromatic carbocycles. The van der Waals surface area contributed by atoms with Crippen molar-refractivity contribution in [1.29, 1.82) is 5.26 Å². The monoisotopic (exact) mass is 557 g/mol. The molecule has 1 atom stereocenters. The van der Waals surface area contributed by atoms with Gasteiger partial charge in [-0.3, -0.25) is 14.5 Å². The highest BCUT2D eigenvalue weighted by Gasteiger charge is 2.43. The number of ether oxygens (including phenoxy) is 4. The van der Waals surface area contributed by atoms with Crippen LogP contribution in [-0.4, -0.2) is 55.6 Å². The van der Waals surface area contributed by atoms with E-state index in [2.05, 4.69) is 16.3 Å². The van der Waals surface area contributed by atoms with Gasteiger partial charge in [0, 0.05) is 23.3 Å². The van der Waals surface area contributed by atoms with Crippen molar-refractivity contribution >= 4 is 40.0 Å². The number of benzene rings is 1. The highest BCUT2D eigenvalue weighted by molar-refractivity contribution is 8.01. The molecule has 0 fully saturated rings. The lowest BCUT2D eigenvalue weighted by molar-refractivity contribution is -0.139. The summed E-state index contributed by atoms with van der Waals surface area (Å²) in [6, 6.07) is 5.69. The van der Waals surface area contributed by atoms with Gasteiger partial charge in [-0.1, -0.05) is 29.2 Å². The maximum atomic E-state index is 13.4. The summed E-state index contributed by atoms with van der Waals surface area (Å²) in [5.74, 6) is 0.193. The van der Waals surface area contributed by atoms with Crippen molar-refractivity contribution in [2.75, 3.05) is 38.6 Å². The molecular formula is C25H27N5O6S2. The van der Waals surface area contributed by atoms with Gasteiger partial charge >= 0.3 is 5.97 Å². The number of carbonyl (C=O) groups excluding carboxylic acids is 2. The number of hydrogen-bond acceptors (Lipinski definition) is 13. The molecule has 200 valence electrons. The Balaban J connectivity index is 1.83. The van der Waals surface area contributed by atoms with Crippen LogP contribution in [0, 0.1) is 11.3 Å². The van der Waals surface area contributed by atoms with E-state index in [0.717, 1.165) is 0 Å². The second-order valence-electron chi connectivity index (χ2n) is 8.18. The molecule has 0 amide bonds. The smallest absolute Gasteiger partial charge is 0.316 e. The van der Waals surface area contributed by atoms with Gasteiger partial charge in [-0.05, 0) is 25.8 Å². The third-order valence-electron chi connectivity index (χ3n) is 6.16. The number of thioether (sulfide) groups is 1. The van der Waals surface area contributed by atoms with E-state index in [1.54, 1.807) is 24.0 Å². The number of aromatic nitrogens is 2. The largest absolute Gasteiger partial charge is 0.493 e. The average Bonchev–Trinajstić information content (AvgIpc) is 3.39. The van der Waals surface area contributed by atoms with Crippen molar-refractivity contribution in [2.24, 2.45) is 5.73 Å². The van der Waals surface area contributed by atoms with Crippen LogP contribution in [0.25, 0.3) is 0 Å². The fourth-order valence-electron chi connectivity index (χ4n) is 4.64. The molecule has 1 aliphatic heterocycles. The predicted molar refractivity (Wildman–Crippen MR) is 141 cm³/mol. The minimum absolute atomic E-state index is 0.0836. The van der Waals surface area contributed by atoms with Gasteiger partial charge in [0.2, 0.25) is 10.9 Å². The number of rotatable bonds is 9. The first-order chi connectivity index (χ1) is 18.4. The van der Waals surface area contributed by atoms with Gasteiger partial charge in [-0.15, -0.1) is 10.2 Å². The van der Waals surface area contributed by atoms with Crippen LogP contribution in [0.15, 0.2) is 39.1 Å². The molecule has 0 saturated heterocycles. The fraction of sp³-hybridized carbons (Fsp3) is 0.400. The van der Waals surface area contributed by atoms with E-state index in [1.807, 2.05) is 0 Å². The summed E-state index contributed by atoms with van der Waals surface area (Å²) >= 11 is 2.41. The first kappa shape index (κ1) is 27.3. The molecule has 2 aliphatic rings. The minimum atomic E-state index is -0.764. The van der Waals surface area contributed by atoms with Gasteiger partial charge in [-0.25, -0.2) is 0 Å². The molecule has 11 nitrogen and oxygen atoms in total. The molecule has 0 spiro atoms. The molecule has 1 aliphatic carbocycles. The number of nitrogens with zero attached hydrogens (tertiary/aromatic N) is 4. The van der Waals surface area contributed by atoms with Gasteiger partial charge in [0.25, 0.3) is 0 Å². The Morgan fingerprint density at radius 1 is 1.21 bits per heavy atom. The Bertz CT molecular complexity index is 1360. The number of methoxy groups -OCH3 is 3. The van der Waals surface area contributed by atoms with Crippen molar-refractivity contribution < 1.29 is 28.5 Å². The maximum Gasteiger partial charge on any atom is 0.316 e. The number of nitriles is 1. The van der Waals surface area contributed by atoms with Gasteiger partial charge in [0.15, 0.2) is 21.6 Å². The zero-order valence-electron chi connectivity index (χ0n) is 21.4. The van der Waals surface area contributed by atoms with E-state index < -0.39 is 5.92 Å². The summed E-state index contributed by atoms with van der Waals surface area (Å²) in [4.78, 5) is 26.8. The van der Waals surface area contributed by atoms with Crippen LogP contribution in [-0.2, 0) is 14.3 Å². The van der Waals surface area contributed by atoms with Gasteiger partial charge in [-0.2, -0.15) is 5.26 Å². The fourth-order valence-corrected chi connectivity index (χ4v) is 6.32. The van der Waals surface area contributed by atoms with Crippen LogP contribution < -0.4 is 24.8 Å². The molecule has 2 heterocycles. The Morgan fingerprint density at radius 2 is 1.97 bits per heavy atom. The van der Waals surface area contributed by atoms with Crippen LogP contribution in [0.2, 0.25) is 0 Å². The highest BCUT2D eigenvalue weighted by atomic mass is 32.2. The average molecular weight is 558 g/mol. The molecule has 1 unspecified atom stereocenters. The summed E-state index contributed by atoms with van der Waals surface area (Å²) in [6.07, 6.45) is 1.52. The van der Waals surface area contributed by atoms with Crippen molar-refractivity contribution in [3.8, 4) is 23.3 Å². The summed E-state index contributed by atoms with van der Waals surface area (Å²) in [5.41, 5.74) is 8.51. The second kappa shape index (κ2) is 11.7. The van der Waals surface area contributed by atoms with Crippen LogP contribution in [0.5, 0.6) is 17.2 Å². The normalized spacial score (nSPS) is 17.2. The van der Waals surface area contributed by atoms with E-state index in [0.29, 0.717) is 69.4 Å². The molecule has 0 saturated carbocycles. The van der Waals surface area contributed by atoms with Gasteiger partial charge in [0.05, 0.1) is 51.2 Å². The lowest BCUT2D eigenvalue weighted by atomic mass is 9.75. The molecule has 1 aromatic heterocycles. The summed E-state index contributed by atoms with van der Waals surface area (Å²) in [7, 11) is 4.50. The molecule has 0 bridgehead atoms. The Labute approximate surface area is 228 Å². The second-order valence-corrected chi connectivity index (χ2v) is 10.4. The van der Waals surface area contributed by atoms with E-state index in [1.165, 1.54) is 44.4 Å². The van der Waals surface area contributed by atoms with E-state index in [-0.39, 0.29) is 28.9 Å². The Kier molecular flexibility index (Phi) is 8.43. The zero-order chi connectivity index (χ0) is 27.4. The van der Waals surface area contributed by atoms with Crippen LogP contribution >= 0.6 is 23.1 Å². The lowest BCUT2D eigenvalue weighted by Crippen LogP contribution is -2.38. The topological polar surface area (TPSA) is 150 Å². The SMILES string of the molecule is CCOC(=O)CSc1nnc(N2C(N)=C(C#N)C(c3ccc(OC)c(OC)c3OC)C3=C2CCCC3=O)s1. The number of hydrogen-bond donors (Lipinski definition) is 1. The quantitative estimate of drug-likeness (QED) is 0.355. The third-order valence-corrected chi connectivity index (χ3v) is 8.18. The number of Topliss-reactive ketones (excluding diaryl/α,β-unsaturated/α-hetero) is 1. The standard InChI is InChI=1S/C25H27N5O6S2/c1-5-36-18(32)12-37-25-29-28-24(38-25)30-15-7-6-8-16(31)20(15)19(14(11-26)23(30)27)13-9-10-17(33-2)22(35-4)21(13)34-3/h9-10,19H,5-8,12,27H2,1-4H3. The number of ketones is 1. The van der Waals surface area contributed by atoms with Crippen LogP contribution in [0.4, 0.5) is 5.13 Å². The Morgan fingerprint density at radius 3 is 2.63 bits per heavy atom. The first-order valence-corrected chi connectivity index (χ1v) is 13.6. The van der Waals surface area contributed by atoms with E-state index in [4.69, 9.17) is 24.7 Å². The zero-order valence-corrected chi connectivity index (χ0v) is 23.0.